The van der Waals surface area contributed by atoms with E-state index >= 15 is 0 Å². The SMILES string of the molecule is CC(=O)Nc1cccc(NC(=O)C2(N)C3CCCOC3C2(C)C)c1. The summed E-state index contributed by atoms with van der Waals surface area (Å²) in [4.78, 5) is 24.1. The Morgan fingerprint density at radius 2 is 1.92 bits per heavy atom. The second-order valence-corrected chi connectivity index (χ2v) is 7.35. The van der Waals surface area contributed by atoms with Gasteiger partial charge in [-0.05, 0) is 31.0 Å². The Labute approximate surface area is 142 Å². The van der Waals surface area contributed by atoms with Gasteiger partial charge in [-0.2, -0.15) is 0 Å². The smallest absolute Gasteiger partial charge is 0.245 e. The summed E-state index contributed by atoms with van der Waals surface area (Å²) in [6, 6.07) is 7.06. The molecule has 3 unspecified atom stereocenters. The minimum absolute atomic E-state index is 0.0349. The number of amides is 2. The molecule has 1 heterocycles. The summed E-state index contributed by atoms with van der Waals surface area (Å²) >= 11 is 0. The van der Waals surface area contributed by atoms with Gasteiger partial charge in [-0.3, -0.25) is 9.59 Å². The van der Waals surface area contributed by atoms with Gasteiger partial charge in [0.2, 0.25) is 11.8 Å². The highest BCUT2D eigenvalue weighted by Gasteiger charge is 2.70. The molecule has 130 valence electrons. The maximum absolute atomic E-state index is 12.9. The molecule has 6 heteroatoms. The predicted octanol–water partition coefficient (Wildman–Crippen LogP) is 2.12. The van der Waals surface area contributed by atoms with Crippen LogP contribution in [0.4, 0.5) is 11.4 Å². The van der Waals surface area contributed by atoms with E-state index in [-0.39, 0.29) is 23.8 Å². The zero-order valence-electron chi connectivity index (χ0n) is 14.4. The normalized spacial score (nSPS) is 30.7. The molecule has 24 heavy (non-hydrogen) atoms. The fourth-order valence-corrected chi connectivity index (χ4v) is 4.15. The fourth-order valence-electron chi connectivity index (χ4n) is 4.15. The summed E-state index contributed by atoms with van der Waals surface area (Å²) in [5, 5.41) is 5.62. The molecular weight excluding hydrogens is 306 g/mol. The predicted molar refractivity (Wildman–Crippen MR) is 92.5 cm³/mol. The van der Waals surface area contributed by atoms with Crippen LogP contribution < -0.4 is 16.4 Å². The molecule has 1 aliphatic heterocycles. The lowest BCUT2D eigenvalue weighted by molar-refractivity contribution is -0.222. The molecule has 1 aromatic rings. The van der Waals surface area contributed by atoms with Crippen molar-refractivity contribution in [2.24, 2.45) is 17.1 Å². The summed E-state index contributed by atoms with van der Waals surface area (Å²) in [5.41, 5.74) is 6.46. The summed E-state index contributed by atoms with van der Waals surface area (Å²) in [7, 11) is 0. The maximum atomic E-state index is 12.9. The minimum Gasteiger partial charge on any atom is -0.377 e. The molecule has 1 aromatic carbocycles. The molecule has 6 nitrogen and oxygen atoms in total. The number of benzene rings is 1. The third-order valence-electron chi connectivity index (χ3n) is 5.50. The first-order chi connectivity index (χ1) is 11.3. The van der Waals surface area contributed by atoms with Crippen molar-refractivity contribution in [1.82, 2.24) is 0 Å². The molecule has 0 radical (unpaired) electrons. The van der Waals surface area contributed by atoms with Crippen LogP contribution in [0, 0.1) is 11.3 Å². The van der Waals surface area contributed by atoms with E-state index in [1.54, 1.807) is 24.3 Å². The number of hydrogen-bond acceptors (Lipinski definition) is 4. The van der Waals surface area contributed by atoms with E-state index in [2.05, 4.69) is 10.6 Å². The number of carbonyl (C=O) groups excluding carboxylic acids is 2. The average molecular weight is 331 g/mol. The molecule has 2 amide bonds. The van der Waals surface area contributed by atoms with Crippen LogP contribution in [-0.2, 0) is 14.3 Å². The minimum atomic E-state index is -0.956. The first-order valence-corrected chi connectivity index (χ1v) is 8.36. The number of nitrogens with two attached hydrogens (primary N) is 1. The third kappa shape index (κ3) is 2.50. The number of carbonyl (C=O) groups is 2. The topological polar surface area (TPSA) is 93.5 Å². The van der Waals surface area contributed by atoms with Crippen molar-refractivity contribution < 1.29 is 14.3 Å². The fraction of sp³-hybridized carbons (Fsp3) is 0.556. The van der Waals surface area contributed by atoms with Gasteiger partial charge in [0, 0.05) is 36.2 Å². The lowest BCUT2D eigenvalue weighted by Gasteiger charge is -2.65. The number of nitrogens with one attached hydrogen (secondary N) is 2. The maximum Gasteiger partial charge on any atom is 0.245 e. The first kappa shape index (κ1) is 16.9. The molecular formula is C18H25N3O3. The van der Waals surface area contributed by atoms with Crippen molar-refractivity contribution in [1.29, 1.82) is 0 Å². The molecule has 0 aromatic heterocycles. The number of rotatable bonds is 3. The number of hydrogen-bond donors (Lipinski definition) is 3. The van der Waals surface area contributed by atoms with E-state index in [0.717, 1.165) is 19.4 Å². The second kappa shape index (κ2) is 5.86. The van der Waals surface area contributed by atoms with Crippen LogP contribution in [0.2, 0.25) is 0 Å². The molecule has 3 rings (SSSR count). The number of anilines is 2. The summed E-state index contributed by atoms with van der Waals surface area (Å²) in [6.07, 6.45) is 1.87. The molecule has 3 atom stereocenters. The monoisotopic (exact) mass is 331 g/mol. The molecule has 0 bridgehead atoms. The van der Waals surface area contributed by atoms with Crippen LogP contribution in [0.15, 0.2) is 24.3 Å². The van der Waals surface area contributed by atoms with Crippen LogP contribution in [0.1, 0.15) is 33.6 Å². The lowest BCUT2D eigenvalue weighted by Crippen LogP contribution is -2.81. The van der Waals surface area contributed by atoms with E-state index in [1.165, 1.54) is 6.92 Å². The highest BCUT2D eigenvalue weighted by atomic mass is 16.5. The summed E-state index contributed by atoms with van der Waals surface area (Å²) in [5.74, 6) is -0.310. The van der Waals surface area contributed by atoms with E-state index in [1.807, 2.05) is 13.8 Å². The third-order valence-corrected chi connectivity index (χ3v) is 5.50. The van der Waals surface area contributed by atoms with Crippen LogP contribution in [0.25, 0.3) is 0 Å². The van der Waals surface area contributed by atoms with Gasteiger partial charge in [-0.1, -0.05) is 19.9 Å². The van der Waals surface area contributed by atoms with Gasteiger partial charge < -0.3 is 21.1 Å². The Balaban J connectivity index is 1.78. The van der Waals surface area contributed by atoms with Gasteiger partial charge in [0.15, 0.2) is 0 Å². The Morgan fingerprint density at radius 1 is 1.25 bits per heavy atom. The van der Waals surface area contributed by atoms with Crippen molar-refractivity contribution in [2.75, 3.05) is 17.2 Å². The van der Waals surface area contributed by atoms with Crippen molar-refractivity contribution in [3.63, 3.8) is 0 Å². The van der Waals surface area contributed by atoms with Gasteiger partial charge in [-0.25, -0.2) is 0 Å². The first-order valence-electron chi connectivity index (χ1n) is 8.36. The highest BCUT2D eigenvalue weighted by Crippen LogP contribution is 2.57. The summed E-state index contributed by atoms with van der Waals surface area (Å²) < 4.78 is 5.84. The quantitative estimate of drug-likeness (QED) is 0.791. The number of ether oxygens (including phenoxy) is 1. The van der Waals surface area contributed by atoms with E-state index < -0.39 is 11.0 Å². The number of fused-ring (bicyclic) bond motifs is 1. The van der Waals surface area contributed by atoms with E-state index in [9.17, 15) is 9.59 Å². The second-order valence-electron chi connectivity index (χ2n) is 7.35. The molecule has 0 spiro atoms. The Kier molecular flexibility index (Phi) is 4.13. The van der Waals surface area contributed by atoms with Crippen molar-refractivity contribution >= 4 is 23.2 Å². The van der Waals surface area contributed by atoms with Gasteiger partial charge >= 0.3 is 0 Å². The zero-order chi connectivity index (χ0) is 17.5. The molecule has 1 saturated carbocycles. The van der Waals surface area contributed by atoms with Gasteiger partial charge in [0.25, 0.3) is 0 Å². The van der Waals surface area contributed by atoms with Crippen molar-refractivity contribution in [2.45, 2.75) is 45.3 Å². The molecule has 1 saturated heterocycles. The molecule has 2 aliphatic rings. The van der Waals surface area contributed by atoms with Gasteiger partial charge in [-0.15, -0.1) is 0 Å². The largest absolute Gasteiger partial charge is 0.377 e. The van der Waals surface area contributed by atoms with E-state index in [4.69, 9.17) is 10.5 Å². The van der Waals surface area contributed by atoms with E-state index in [0.29, 0.717) is 11.4 Å². The molecule has 2 fully saturated rings. The Morgan fingerprint density at radius 3 is 2.58 bits per heavy atom. The van der Waals surface area contributed by atoms with Crippen molar-refractivity contribution in [3.8, 4) is 0 Å². The zero-order valence-corrected chi connectivity index (χ0v) is 14.4. The molecule has 4 N–H and O–H groups in total. The highest BCUT2D eigenvalue weighted by molar-refractivity contribution is 6.01. The summed E-state index contributed by atoms with van der Waals surface area (Å²) in [6.45, 7) is 6.17. The van der Waals surface area contributed by atoms with Crippen LogP contribution >= 0.6 is 0 Å². The average Bonchev–Trinajstić information content (AvgIpc) is 2.53. The Bertz CT molecular complexity index is 673. The van der Waals surface area contributed by atoms with Crippen LogP contribution in [-0.4, -0.2) is 30.1 Å². The van der Waals surface area contributed by atoms with Crippen LogP contribution in [0.3, 0.4) is 0 Å². The molecule has 1 aliphatic carbocycles. The van der Waals surface area contributed by atoms with Gasteiger partial charge in [0.05, 0.1) is 6.10 Å². The van der Waals surface area contributed by atoms with Crippen molar-refractivity contribution in [3.05, 3.63) is 24.3 Å². The standard InChI is InChI=1S/C18H25N3O3/c1-11(22)20-12-6-4-7-13(10-12)21-16(23)18(19)14-8-5-9-24-15(14)17(18,2)3/h4,6-7,10,14-15H,5,8-9,19H2,1-3H3,(H,20,22)(H,21,23). The van der Waals surface area contributed by atoms with Gasteiger partial charge in [0.1, 0.15) is 5.54 Å². The lowest BCUT2D eigenvalue weighted by atomic mass is 9.46. The Hall–Kier alpha value is -1.92. The van der Waals surface area contributed by atoms with Crippen LogP contribution in [0.5, 0.6) is 0 Å².